The molecule has 0 spiro atoms. The lowest BCUT2D eigenvalue weighted by atomic mass is 10.0. The molecule has 1 aliphatic heterocycles. The topological polar surface area (TPSA) is 23.5 Å². The number of rotatable bonds is 2. The highest BCUT2D eigenvalue weighted by Gasteiger charge is 2.28. The van der Waals surface area contributed by atoms with Crippen molar-refractivity contribution in [3.05, 3.63) is 0 Å². The first-order valence-corrected chi connectivity index (χ1v) is 6.64. The SMILES string of the molecule is CC1CCCC(N2CCC(CO)C2)CC1. The largest absolute Gasteiger partial charge is 0.396 e. The summed E-state index contributed by atoms with van der Waals surface area (Å²) in [6.07, 6.45) is 8.23. The van der Waals surface area contributed by atoms with Crippen LogP contribution < -0.4 is 0 Å². The lowest BCUT2D eigenvalue weighted by molar-refractivity contribution is 0.186. The lowest BCUT2D eigenvalue weighted by Gasteiger charge is -2.26. The molecule has 2 heteroatoms. The van der Waals surface area contributed by atoms with Gasteiger partial charge in [0.15, 0.2) is 0 Å². The molecule has 2 nitrogen and oxygen atoms in total. The molecule has 0 aromatic heterocycles. The van der Waals surface area contributed by atoms with Crippen LogP contribution in [0.1, 0.15) is 45.4 Å². The van der Waals surface area contributed by atoms with E-state index in [4.69, 9.17) is 5.11 Å². The van der Waals surface area contributed by atoms with E-state index in [1.807, 2.05) is 0 Å². The van der Waals surface area contributed by atoms with E-state index < -0.39 is 0 Å². The fourth-order valence-corrected chi connectivity index (χ4v) is 3.18. The van der Waals surface area contributed by atoms with Crippen molar-refractivity contribution in [1.82, 2.24) is 4.90 Å². The molecular weight excluding hydrogens is 186 g/mol. The normalized spacial score (nSPS) is 39.2. The molecule has 1 saturated heterocycles. The molecule has 0 radical (unpaired) electrons. The van der Waals surface area contributed by atoms with Crippen LogP contribution in [0.3, 0.4) is 0 Å². The Morgan fingerprint density at radius 2 is 2.00 bits per heavy atom. The van der Waals surface area contributed by atoms with Gasteiger partial charge in [0.2, 0.25) is 0 Å². The number of aliphatic hydroxyl groups is 1. The summed E-state index contributed by atoms with van der Waals surface area (Å²) in [5.41, 5.74) is 0. The van der Waals surface area contributed by atoms with E-state index in [2.05, 4.69) is 11.8 Å². The monoisotopic (exact) mass is 211 g/mol. The molecule has 0 amide bonds. The van der Waals surface area contributed by atoms with Crippen LogP contribution in [0.5, 0.6) is 0 Å². The van der Waals surface area contributed by atoms with Crippen LogP contribution in [-0.2, 0) is 0 Å². The van der Waals surface area contributed by atoms with E-state index in [9.17, 15) is 0 Å². The van der Waals surface area contributed by atoms with E-state index in [0.717, 1.165) is 18.5 Å². The zero-order chi connectivity index (χ0) is 10.7. The van der Waals surface area contributed by atoms with Crippen molar-refractivity contribution in [2.45, 2.75) is 51.5 Å². The van der Waals surface area contributed by atoms with Gasteiger partial charge in [0.25, 0.3) is 0 Å². The van der Waals surface area contributed by atoms with Crippen LogP contribution >= 0.6 is 0 Å². The molecular formula is C13H25NO. The van der Waals surface area contributed by atoms with E-state index in [-0.39, 0.29) is 0 Å². The molecule has 15 heavy (non-hydrogen) atoms. The summed E-state index contributed by atoms with van der Waals surface area (Å²) < 4.78 is 0. The minimum Gasteiger partial charge on any atom is -0.396 e. The molecule has 3 unspecified atom stereocenters. The van der Waals surface area contributed by atoms with Gasteiger partial charge in [-0.25, -0.2) is 0 Å². The second-order valence-corrected chi connectivity index (χ2v) is 5.60. The summed E-state index contributed by atoms with van der Waals surface area (Å²) in [7, 11) is 0. The van der Waals surface area contributed by atoms with Gasteiger partial charge >= 0.3 is 0 Å². The van der Waals surface area contributed by atoms with Crippen molar-refractivity contribution in [3.63, 3.8) is 0 Å². The predicted molar refractivity (Wildman–Crippen MR) is 62.8 cm³/mol. The van der Waals surface area contributed by atoms with Gasteiger partial charge in [0.1, 0.15) is 0 Å². The predicted octanol–water partition coefficient (Wildman–Crippen LogP) is 2.27. The highest BCUT2D eigenvalue weighted by molar-refractivity contribution is 4.83. The van der Waals surface area contributed by atoms with Crippen LogP contribution in [-0.4, -0.2) is 35.7 Å². The minimum absolute atomic E-state index is 0.389. The first-order valence-electron chi connectivity index (χ1n) is 6.64. The number of nitrogens with zero attached hydrogens (tertiary/aromatic N) is 1. The molecule has 1 heterocycles. The van der Waals surface area contributed by atoms with Crippen molar-refractivity contribution >= 4 is 0 Å². The average molecular weight is 211 g/mol. The van der Waals surface area contributed by atoms with Gasteiger partial charge < -0.3 is 10.0 Å². The highest BCUT2D eigenvalue weighted by Crippen LogP contribution is 2.29. The Balaban J connectivity index is 1.83. The highest BCUT2D eigenvalue weighted by atomic mass is 16.3. The minimum atomic E-state index is 0.389. The smallest absolute Gasteiger partial charge is 0.0471 e. The maximum absolute atomic E-state index is 9.15. The fraction of sp³-hybridized carbons (Fsp3) is 1.00. The summed E-state index contributed by atoms with van der Waals surface area (Å²) in [5, 5.41) is 9.15. The summed E-state index contributed by atoms with van der Waals surface area (Å²) in [6.45, 7) is 5.16. The van der Waals surface area contributed by atoms with Gasteiger partial charge in [-0.15, -0.1) is 0 Å². The van der Waals surface area contributed by atoms with Gasteiger partial charge in [-0.05, 0) is 44.1 Å². The zero-order valence-corrected chi connectivity index (χ0v) is 9.99. The van der Waals surface area contributed by atoms with Crippen LogP contribution in [0, 0.1) is 11.8 Å². The molecule has 0 aromatic carbocycles. The van der Waals surface area contributed by atoms with Gasteiger partial charge in [0, 0.05) is 19.2 Å². The van der Waals surface area contributed by atoms with Crippen molar-refractivity contribution in [3.8, 4) is 0 Å². The number of aliphatic hydroxyl groups excluding tert-OH is 1. The number of hydrogen-bond donors (Lipinski definition) is 1. The first kappa shape index (κ1) is 11.4. The van der Waals surface area contributed by atoms with E-state index in [0.29, 0.717) is 12.5 Å². The summed E-state index contributed by atoms with van der Waals surface area (Å²) in [6, 6.07) is 0.825. The number of hydrogen-bond acceptors (Lipinski definition) is 2. The second-order valence-electron chi connectivity index (χ2n) is 5.60. The molecule has 88 valence electrons. The summed E-state index contributed by atoms with van der Waals surface area (Å²) in [4.78, 5) is 2.64. The van der Waals surface area contributed by atoms with Crippen molar-refractivity contribution in [2.24, 2.45) is 11.8 Å². The van der Waals surface area contributed by atoms with Gasteiger partial charge in [-0.3, -0.25) is 0 Å². The van der Waals surface area contributed by atoms with Crippen LogP contribution in [0.2, 0.25) is 0 Å². The molecule has 1 saturated carbocycles. The van der Waals surface area contributed by atoms with Gasteiger partial charge in [-0.1, -0.05) is 19.8 Å². The molecule has 1 N–H and O–H groups in total. The Labute approximate surface area is 93.7 Å². The average Bonchev–Trinajstić information content (AvgIpc) is 2.62. The Bertz CT molecular complexity index is 195. The molecule has 0 bridgehead atoms. The molecule has 3 atom stereocenters. The maximum atomic E-state index is 9.15. The quantitative estimate of drug-likeness (QED) is 0.708. The Morgan fingerprint density at radius 3 is 2.73 bits per heavy atom. The first-order chi connectivity index (χ1) is 7.29. The van der Waals surface area contributed by atoms with E-state index in [1.165, 1.54) is 45.1 Å². The zero-order valence-electron chi connectivity index (χ0n) is 9.99. The maximum Gasteiger partial charge on any atom is 0.0471 e. The Kier molecular flexibility index (Phi) is 4.04. The van der Waals surface area contributed by atoms with Crippen molar-refractivity contribution in [2.75, 3.05) is 19.7 Å². The third kappa shape index (κ3) is 2.94. The molecule has 0 aromatic rings. The van der Waals surface area contributed by atoms with E-state index >= 15 is 0 Å². The van der Waals surface area contributed by atoms with Crippen molar-refractivity contribution in [1.29, 1.82) is 0 Å². The number of likely N-dealkylation sites (tertiary alicyclic amines) is 1. The molecule has 2 rings (SSSR count). The van der Waals surface area contributed by atoms with Crippen LogP contribution in [0.25, 0.3) is 0 Å². The Hall–Kier alpha value is -0.0800. The third-order valence-electron chi connectivity index (χ3n) is 4.32. The second kappa shape index (κ2) is 5.31. The molecule has 2 fully saturated rings. The molecule has 1 aliphatic carbocycles. The Morgan fingerprint density at radius 1 is 1.13 bits per heavy atom. The van der Waals surface area contributed by atoms with Crippen LogP contribution in [0.4, 0.5) is 0 Å². The van der Waals surface area contributed by atoms with Gasteiger partial charge in [-0.2, -0.15) is 0 Å². The lowest BCUT2D eigenvalue weighted by Crippen LogP contribution is -2.33. The van der Waals surface area contributed by atoms with E-state index in [1.54, 1.807) is 0 Å². The van der Waals surface area contributed by atoms with Gasteiger partial charge in [0.05, 0.1) is 0 Å². The van der Waals surface area contributed by atoms with Crippen LogP contribution in [0.15, 0.2) is 0 Å². The van der Waals surface area contributed by atoms with Crippen molar-refractivity contribution < 1.29 is 5.11 Å². The summed E-state index contributed by atoms with van der Waals surface area (Å²) in [5.74, 6) is 1.50. The fourth-order valence-electron chi connectivity index (χ4n) is 3.18. The summed E-state index contributed by atoms with van der Waals surface area (Å²) >= 11 is 0. The standard InChI is InChI=1S/C13H25NO/c1-11-3-2-4-13(6-5-11)14-8-7-12(9-14)10-15/h11-13,15H,2-10H2,1H3. The third-order valence-corrected chi connectivity index (χ3v) is 4.32. The molecule has 2 aliphatic rings.